The van der Waals surface area contributed by atoms with Gasteiger partial charge in [-0.05, 0) is 34.1 Å². The fourth-order valence-electron chi connectivity index (χ4n) is 1.14. The summed E-state index contributed by atoms with van der Waals surface area (Å²) in [7, 11) is -3.46. The number of nitrogens with one attached hydrogen (secondary N) is 1. The predicted molar refractivity (Wildman–Crippen MR) is 81.9 cm³/mol. The van der Waals surface area contributed by atoms with Gasteiger partial charge < -0.3 is 0 Å². The number of benzene rings is 1. The van der Waals surface area contributed by atoms with Gasteiger partial charge in [-0.25, -0.2) is 13.1 Å². The second-order valence-electron chi connectivity index (χ2n) is 3.34. The highest BCUT2D eigenvalue weighted by Crippen LogP contribution is 2.25. The Bertz CT molecular complexity index is 520. The van der Waals surface area contributed by atoms with Crippen molar-refractivity contribution in [2.24, 2.45) is 0 Å². The van der Waals surface area contributed by atoms with Gasteiger partial charge in [-0.3, -0.25) is 0 Å². The summed E-state index contributed by atoms with van der Waals surface area (Å²) >= 11 is 10.6. The van der Waals surface area contributed by atoms with Gasteiger partial charge in [0.1, 0.15) is 0 Å². The van der Waals surface area contributed by atoms with Gasteiger partial charge in [0.15, 0.2) is 0 Å². The van der Waals surface area contributed by atoms with Gasteiger partial charge in [0.05, 0.1) is 9.92 Å². The maximum atomic E-state index is 11.9. The lowest BCUT2D eigenvalue weighted by Gasteiger charge is -2.07. The zero-order valence-corrected chi connectivity index (χ0v) is 13.5. The van der Waals surface area contributed by atoms with Crippen LogP contribution in [0.15, 0.2) is 40.2 Å². The van der Waals surface area contributed by atoms with E-state index in [1.807, 2.05) is 0 Å². The lowest BCUT2D eigenvalue weighted by atomic mass is 10.4. The lowest BCUT2D eigenvalue weighted by Crippen LogP contribution is -2.26. The van der Waals surface area contributed by atoms with Crippen LogP contribution in [0.25, 0.3) is 0 Å². The molecule has 7 heteroatoms. The standard InChI is InChI=1S/C11H13BrClNO2S2/c1-2-6-17-7-5-14-18(15,16)9-3-4-11(13)10(12)8-9/h2-4,8,14H,1,5-7H2. The number of sulfonamides is 1. The third kappa shape index (κ3) is 4.93. The zero-order valence-electron chi connectivity index (χ0n) is 9.53. The van der Waals surface area contributed by atoms with Crippen LogP contribution >= 0.6 is 39.3 Å². The molecular formula is C11H13BrClNO2S2. The van der Waals surface area contributed by atoms with E-state index in [0.717, 1.165) is 5.75 Å². The average molecular weight is 371 g/mol. The van der Waals surface area contributed by atoms with Gasteiger partial charge in [0.25, 0.3) is 0 Å². The molecule has 0 saturated carbocycles. The Morgan fingerprint density at radius 3 is 2.83 bits per heavy atom. The summed E-state index contributed by atoms with van der Waals surface area (Å²) in [5, 5.41) is 0.482. The van der Waals surface area contributed by atoms with Crippen molar-refractivity contribution >= 4 is 49.3 Å². The number of rotatable bonds is 7. The molecule has 0 aromatic heterocycles. The van der Waals surface area contributed by atoms with Crippen LogP contribution in [-0.4, -0.2) is 26.5 Å². The molecule has 0 saturated heterocycles. The molecule has 0 amide bonds. The first-order valence-electron chi connectivity index (χ1n) is 5.10. The fraction of sp³-hybridized carbons (Fsp3) is 0.273. The highest BCUT2D eigenvalue weighted by Gasteiger charge is 2.14. The molecule has 0 heterocycles. The topological polar surface area (TPSA) is 46.2 Å². The zero-order chi connectivity index (χ0) is 13.6. The lowest BCUT2D eigenvalue weighted by molar-refractivity contribution is 0.584. The molecule has 0 radical (unpaired) electrons. The third-order valence-electron chi connectivity index (χ3n) is 1.98. The van der Waals surface area contributed by atoms with Crippen molar-refractivity contribution in [1.82, 2.24) is 4.72 Å². The molecule has 1 N–H and O–H groups in total. The minimum Gasteiger partial charge on any atom is -0.210 e. The van der Waals surface area contributed by atoms with Gasteiger partial charge in [0.2, 0.25) is 10.0 Å². The smallest absolute Gasteiger partial charge is 0.210 e. The average Bonchev–Trinajstić information content (AvgIpc) is 2.32. The molecule has 1 aromatic rings. The molecule has 0 aliphatic rings. The van der Waals surface area contributed by atoms with E-state index in [9.17, 15) is 8.42 Å². The Morgan fingerprint density at radius 2 is 2.22 bits per heavy atom. The minimum atomic E-state index is -3.46. The summed E-state index contributed by atoms with van der Waals surface area (Å²) < 4.78 is 26.9. The fourth-order valence-corrected chi connectivity index (χ4v) is 3.56. The van der Waals surface area contributed by atoms with Gasteiger partial charge in [-0.2, -0.15) is 11.8 Å². The second kappa shape index (κ2) is 7.55. The Balaban J connectivity index is 2.62. The first-order valence-corrected chi connectivity index (χ1v) is 8.91. The third-order valence-corrected chi connectivity index (χ3v) is 5.61. The van der Waals surface area contributed by atoms with Gasteiger partial charge in [-0.1, -0.05) is 17.7 Å². The van der Waals surface area contributed by atoms with Crippen molar-refractivity contribution in [2.45, 2.75) is 4.90 Å². The molecular weight excluding hydrogens is 358 g/mol. The molecule has 0 bridgehead atoms. The molecule has 1 rings (SSSR count). The Kier molecular flexibility index (Phi) is 6.73. The van der Waals surface area contributed by atoms with Crippen LogP contribution in [0.3, 0.4) is 0 Å². The molecule has 0 fully saturated rings. The predicted octanol–water partition coefficient (Wildman–Crippen LogP) is 3.30. The maximum Gasteiger partial charge on any atom is 0.240 e. The van der Waals surface area contributed by atoms with Crippen LogP contribution in [0, 0.1) is 0 Å². The summed E-state index contributed by atoms with van der Waals surface area (Å²) in [5.41, 5.74) is 0. The summed E-state index contributed by atoms with van der Waals surface area (Å²) in [6.45, 7) is 3.99. The summed E-state index contributed by atoms with van der Waals surface area (Å²) in [4.78, 5) is 0.201. The van der Waals surface area contributed by atoms with Crippen molar-refractivity contribution < 1.29 is 8.42 Å². The molecule has 0 spiro atoms. The second-order valence-corrected chi connectivity index (χ2v) is 7.52. The molecule has 0 aliphatic heterocycles. The van der Waals surface area contributed by atoms with Gasteiger partial charge in [0, 0.05) is 22.5 Å². The van der Waals surface area contributed by atoms with E-state index in [0.29, 0.717) is 21.8 Å². The first-order chi connectivity index (χ1) is 8.47. The van der Waals surface area contributed by atoms with Crippen LogP contribution in [0.2, 0.25) is 5.02 Å². The van der Waals surface area contributed by atoms with E-state index in [1.165, 1.54) is 12.1 Å². The highest BCUT2D eigenvalue weighted by molar-refractivity contribution is 9.10. The molecule has 0 unspecified atom stereocenters. The number of hydrogen-bond acceptors (Lipinski definition) is 3. The Morgan fingerprint density at radius 1 is 1.50 bits per heavy atom. The maximum absolute atomic E-state index is 11.9. The minimum absolute atomic E-state index is 0.201. The van der Waals surface area contributed by atoms with Crippen molar-refractivity contribution in [3.8, 4) is 0 Å². The van der Waals surface area contributed by atoms with E-state index >= 15 is 0 Å². The summed E-state index contributed by atoms with van der Waals surface area (Å²) in [6, 6.07) is 4.51. The molecule has 0 atom stereocenters. The molecule has 100 valence electrons. The SMILES string of the molecule is C=CCSCCNS(=O)(=O)c1ccc(Cl)c(Br)c1. The molecule has 0 aliphatic carbocycles. The van der Waals surface area contributed by atoms with Crippen LogP contribution in [0.1, 0.15) is 0 Å². The highest BCUT2D eigenvalue weighted by atomic mass is 79.9. The largest absolute Gasteiger partial charge is 0.240 e. The summed E-state index contributed by atoms with van der Waals surface area (Å²) in [6.07, 6.45) is 1.79. The van der Waals surface area contributed by atoms with E-state index in [4.69, 9.17) is 11.6 Å². The van der Waals surface area contributed by atoms with Crippen molar-refractivity contribution in [2.75, 3.05) is 18.1 Å². The van der Waals surface area contributed by atoms with Crippen molar-refractivity contribution in [3.63, 3.8) is 0 Å². The van der Waals surface area contributed by atoms with Crippen LogP contribution in [0.5, 0.6) is 0 Å². The van der Waals surface area contributed by atoms with E-state index in [2.05, 4.69) is 27.2 Å². The first kappa shape index (κ1) is 16.0. The normalized spacial score (nSPS) is 11.4. The van der Waals surface area contributed by atoms with Crippen molar-refractivity contribution in [3.05, 3.63) is 40.3 Å². The van der Waals surface area contributed by atoms with E-state index in [-0.39, 0.29) is 4.90 Å². The number of hydrogen-bond donors (Lipinski definition) is 1. The van der Waals surface area contributed by atoms with Crippen LogP contribution < -0.4 is 4.72 Å². The molecule has 1 aromatic carbocycles. The van der Waals surface area contributed by atoms with Gasteiger partial charge >= 0.3 is 0 Å². The van der Waals surface area contributed by atoms with Gasteiger partial charge in [-0.15, -0.1) is 6.58 Å². The number of halogens is 2. The van der Waals surface area contributed by atoms with E-state index < -0.39 is 10.0 Å². The van der Waals surface area contributed by atoms with E-state index in [1.54, 1.807) is 23.9 Å². The quantitative estimate of drug-likeness (QED) is 0.592. The Labute approximate surface area is 125 Å². The van der Waals surface area contributed by atoms with Crippen LogP contribution in [-0.2, 0) is 10.0 Å². The molecule has 3 nitrogen and oxygen atoms in total. The number of thioether (sulfide) groups is 1. The monoisotopic (exact) mass is 369 g/mol. The summed E-state index contributed by atoms with van der Waals surface area (Å²) in [5.74, 6) is 1.52. The van der Waals surface area contributed by atoms with Crippen molar-refractivity contribution in [1.29, 1.82) is 0 Å². The molecule has 18 heavy (non-hydrogen) atoms. The Hall–Kier alpha value is -0.0100. The van der Waals surface area contributed by atoms with Crippen LogP contribution in [0.4, 0.5) is 0 Å².